The maximum Gasteiger partial charge on any atom is 0.227 e. The zero-order valence-corrected chi connectivity index (χ0v) is 8.66. The minimum atomic E-state index is 0.0730. The zero-order valence-electron chi connectivity index (χ0n) is 7.15. The zero-order chi connectivity index (χ0) is 10.1. The van der Waals surface area contributed by atoms with Crippen LogP contribution in [0.3, 0.4) is 0 Å². The van der Waals surface area contributed by atoms with Gasteiger partial charge in [-0.2, -0.15) is 20.1 Å². The Kier molecular flexibility index (Phi) is 2.35. The standard InChI is InChI=1S/C7H5Cl2N5/c1-14-3-4(2-10-14)5-11-6(8)13-7(9)12-5/h2-3H,1H3. The van der Waals surface area contributed by atoms with E-state index in [0.717, 1.165) is 5.56 Å². The molecule has 2 heterocycles. The molecule has 0 N–H and O–H groups in total. The minimum Gasteiger partial charge on any atom is -0.275 e. The Morgan fingerprint density at radius 1 is 1.14 bits per heavy atom. The molecule has 14 heavy (non-hydrogen) atoms. The van der Waals surface area contributed by atoms with E-state index in [1.54, 1.807) is 24.1 Å². The molecular weight excluding hydrogens is 225 g/mol. The molecule has 7 heteroatoms. The van der Waals surface area contributed by atoms with E-state index in [9.17, 15) is 0 Å². The fourth-order valence-corrected chi connectivity index (χ4v) is 1.36. The topological polar surface area (TPSA) is 56.5 Å². The van der Waals surface area contributed by atoms with Crippen LogP contribution in [0.2, 0.25) is 10.6 Å². The van der Waals surface area contributed by atoms with E-state index >= 15 is 0 Å². The molecule has 2 rings (SSSR count). The lowest BCUT2D eigenvalue weighted by Crippen LogP contribution is -1.92. The molecule has 0 saturated carbocycles. The highest BCUT2D eigenvalue weighted by Crippen LogP contribution is 2.16. The van der Waals surface area contributed by atoms with E-state index in [1.165, 1.54) is 0 Å². The molecule has 0 aliphatic carbocycles. The van der Waals surface area contributed by atoms with Crippen LogP contribution in [0, 0.1) is 0 Å². The van der Waals surface area contributed by atoms with E-state index in [1.807, 2.05) is 0 Å². The monoisotopic (exact) mass is 229 g/mol. The first-order valence-corrected chi connectivity index (χ1v) is 4.47. The van der Waals surface area contributed by atoms with Gasteiger partial charge >= 0.3 is 0 Å². The van der Waals surface area contributed by atoms with Gasteiger partial charge in [0, 0.05) is 13.2 Å². The van der Waals surface area contributed by atoms with Crippen molar-refractivity contribution in [2.45, 2.75) is 0 Å². The Morgan fingerprint density at radius 3 is 2.29 bits per heavy atom. The smallest absolute Gasteiger partial charge is 0.227 e. The molecule has 2 aromatic heterocycles. The molecule has 0 aliphatic heterocycles. The fraction of sp³-hybridized carbons (Fsp3) is 0.143. The Bertz CT molecular complexity index is 447. The maximum atomic E-state index is 5.63. The molecule has 72 valence electrons. The number of hydrogen-bond acceptors (Lipinski definition) is 4. The molecule has 5 nitrogen and oxygen atoms in total. The number of nitrogens with zero attached hydrogens (tertiary/aromatic N) is 5. The summed E-state index contributed by atoms with van der Waals surface area (Å²) in [5, 5.41) is 4.13. The molecule has 0 saturated heterocycles. The number of aryl methyl sites for hydroxylation is 1. The SMILES string of the molecule is Cn1cc(-c2nc(Cl)nc(Cl)n2)cn1. The van der Waals surface area contributed by atoms with Crippen molar-refractivity contribution in [3.05, 3.63) is 23.0 Å². The quantitative estimate of drug-likeness (QED) is 0.746. The Hall–Kier alpha value is -1.20. The van der Waals surface area contributed by atoms with Crippen LogP contribution < -0.4 is 0 Å². The first-order valence-electron chi connectivity index (χ1n) is 3.71. The van der Waals surface area contributed by atoms with Crippen LogP contribution in [0.25, 0.3) is 11.4 Å². The first-order chi connectivity index (χ1) is 6.65. The number of halogens is 2. The van der Waals surface area contributed by atoms with Crippen LogP contribution in [0.5, 0.6) is 0 Å². The third-order valence-corrected chi connectivity index (χ3v) is 1.88. The predicted molar refractivity (Wildman–Crippen MR) is 52.0 cm³/mol. The molecule has 0 aromatic carbocycles. The number of aromatic nitrogens is 5. The van der Waals surface area contributed by atoms with Gasteiger partial charge in [-0.25, -0.2) is 0 Å². The lowest BCUT2D eigenvalue weighted by atomic mass is 10.3. The average Bonchev–Trinajstić information content (AvgIpc) is 2.50. The van der Waals surface area contributed by atoms with Gasteiger partial charge in [-0.3, -0.25) is 4.68 Å². The largest absolute Gasteiger partial charge is 0.275 e. The summed E-state index contributed by atoms with van der Waals surface area (Å²) in [5.41, 5.74) is 0.749. The van der Waals surface area contributed by atoms with Gasteiger partial charge in [-0.05, 0) is 23.2 Å². The molecule has 0 spiro atoms. The molecule has 0 bridgehead atoms. The highest BCUT2D eigenvalue weighted by atomic mass is 35.5. The summed E-state index contributed by atoms with van der Waals surface area (Å²) in [4.78, 5) is 11.5. The summed E-state index contributed by atoms with van der Waals surface area (Å²) in [6.45, 7) is 0. The Balaban J connectivity index is 2.51. The lowest BCUT2D eigenvalue weighted by molar-refractivity contribution is 0.768. The van der Waals surface area contributed by atoms with Gasteiger partial charge in [-0.15, -0.1) is 0 Å². The van der Waals surface area contributed by atoms with E-state index < -0.39 is 0 Å². The van der Waals surface area contributed by atoms with E-state index in [-0.39, 0.29) is 10.6 Å². The van der Waals surface area contributed by atoms with Gasteiger partial charge in [0.15, 0.2) is 5.82 Å². The third kappa shape index (κ3) is 1.83. The molecule has 0 radical (unpaired) electrons. The van der Waals surface area contributed by atoms with Crippen LogP contribution in [-0.4, -0.2) is 24.7 Å². The molecule has 0 amide bonds. The summed E-state index contributed by atoms with van der Waals surface area (Å²) in [7, 11) is 1.80. The van der Waals surface area contributed by atoms with Crippen LogP contribution in [0.15, 0.2) is 12.4 Å². The van der Waals surface area contributed by atoms with Gasteiger partial charge in [0.1, 0.15) is 0 Å². The van der Waals surface area contributed by atoms with Crippen molar-refractivity contribution < 1.29 is 0 Å². The first kappa shape index (κ1) is 9.36. The molecular formula is C7H5Cl2N5. The van der Waals surface area contributed by atoms with Crippen molar-refractivity contribution in [1.82, 2.24) is 24.7 Å². The van der Waals surface area contributed by atoms with Gasteiger partial charge in [0.2, 0.25) is 10.6 Å². The third-order valence-electron chi connectivity index (χ3n) is 1.54. The molecule has 0 unspecified atom stereocenters. The Labute approximate surface area is 89.7 Å². The van der Waals surface area contributed by atoms with Gasteiger partial charge in [-0.1, -0.05) is 0 Å². The molecule has 0 atom stereocenters. The summed E-state index contributed by atoms with van der Waals surface area (Å²) in [6, 6.07) is 0. The molecule has 2 aromatic rings. The fourth-order valence-electron chi connectivity index (χ4n) is 0.992. The van der Waals surface area contributed by atoms with Crippen molar-refractivity contribution in [2.24, 2.45) is 7.05 Å². The average molecular weight is 230 g/mol. The second kappa shape index (κ2) is 3.51. The van der Waals surface area contributed by atoms with E-state index in [2.05, 4.69) is 20.1 Å². The number of hydrogen-bond donors (Lipinski definition) is 0. The summed E-state index contributed by atoms with van der Waals surface area (Å²) in [5.74, 6) is 0.420. The second-order valence-electron chi connectivity index (χ2n) is 2.60. The van der Waals surface area contributed by atoms with Gasteiger partial charge in [0.25, 0.3) is 0 Å². The second-order valence-corrected chi connectivity index (χ2v) is 3.28. The van der Waals surface area contributed by atoms with Crippen molar-refractivity contribution in [3.63, 3.8) is 0 Å². The minimum absolute atomic E-state index is 0.0730. The van der Waals surface area contributed by atoms with Crippen LogP contribution in [0.1, 0.15) is 0 Å². The van der Waals surface area contributed by atoms with Crippen molar-refractivity contribution in [1.29, 1.82) is 0 Å². The Morgan fingerprint density at radius 2 is 1.79 bits per heavy atom. The summed E-state index contributed by atoms with van der Waals surface area (Å²) >= 11 is 11.3. The predicted octanol–water partition coefficient (Wildman–Crippen LogP) is 1.58. The summed E-state index contributed by atoms with van der Waals surface area (Å²) < 4.78 is 1.64. The van der Waals surface area contributed by atoms with Gasteiger partial charge in [0.05, 0.1) is 11.8 Å². The number of rotatable bonds is 1. The van der Waals surface area contributed by atoms with Crippen molar-refractivity contribution in [3.8, 4) is 11.4 Å². The van der Waals surface area contributed by atoms with Crippen LogP contribution in [-0.2, 0) is 7.05 Å². The van der Waals surface area contributed by atoms with Crippen molar-refractivity contribution in [2.75, 3.05) is 0 Å². The van der Waals surface area contributed by atoms with Crippen LogP contribution in [0.4, 0.5) is 0 Å². The highest BCUT2D eigenvalue weighted by Gasteiger charge is 2.07. The van der Waals surface area contributed by atoms with E-state index in [0.29, 0.717) is 5.82 Å². The highest BCUT2D eigenvalue weighted by molar-refractivity contribution is 6.31. The van der Waals surface area contributed by atoms with Crippen molar-refractivity contribution >= 4 is 23.2 Å². The van der Waals surface area contributed by atoms with Crippen LogP contribution >= 0.6 is 23.2 Å². The van der Waals surface area contributed by atoms with Gasteiger partial charge < -0.3 is 0 Å². The lowest BCUT2D eigenvalue weighted by Gasteiger charge is -1.95. The maximum absolute atomic E-state index is 5.63. The molecule has 0 aliphatic rings. The normalized spacial score (nSPS) is 10.5. The van der Waals surface area contributed by atoms with E-state index in [4.69, 9.17) is 23.2 Å². The summed E-state index contributed by atoms with van der Waals surface area (Å²) in [6.07, 6.45) is 3.39. The molecule has 0 fully saturated rings.